The van der Waals surface area contributed by atoms with Crippen LogP contribution in [0.3, 0.4) is 0 Å². The quantitative estimate of drug-likeness (QED) is 0.595. The summed E-state index contributed by atoms with van der Waals surface area (Å²) in [6, 6.07) is 15.7. The largest absolute Gasteiger partial charge is 0.508 e. The van der Waals surface area contributed by atoms with Gasteiger partial charge in [-0.25, -0.2) is 0 Å². The van der Waals surface area contributed by atoms with E-state index in [2.05, 4.69) is 52.3 Å². The molecular formula is C16H11BrOS2. The van der Waals surface area contributed by atoms with Crippen LogP contribution in [0, 0.1) is 0 Å². The lowest BCUT2D eigenvalue weighted by Crippen LogP contribution is -1.69. The van der Waals surface area contributed by atoms with Crippen molar-refractivity contribution in [2.24, 2.45) is 0 Å². The Bertz CT molecular complexity index is 738. The number of phenolic OH excluding ortho intramolecular Hbond substituents is 1. The molecule has 4 heteroatoms. The molecule has 20 heavy (non-hydrogen) atoms. The molecule has 2 aromatic heterocycles. The fraction of sp³-hybridized carbons (Fsp3) is 0. The molecule has 3 aromatic rings. The fourth-order valence-corrected chi connectivity index (χ4v) is 4.17. The van der Waals surface area contributed by atoms with Gasteiger partial charge in [0.2, 0.25) is 0 Å². The van der Waals surface area contributed by atoms with Gasteiger partial charge in [-0.3, -0.25) is 0 Å². The summed E-state index contributed by atoms with van der Waals surface area (Å²) in [7, 11) is 0. The SMILES string of the molecule is Oc1ccc(/C=C/c2ccc(-c3ccc(Br)s3)s2)cc1. The number of hydrogen-bond acceptors (Lipinski definition) is 3. The minimum Gasteiger partial charge on any atom is -0.508 e. The molecule has 0 saturated carbocycles. The number of halogens is 1. The number of thiophene rings is 2. The van der Waals surface area contributed by atoms with Gasteiger partial charge in [0.15, 0.2) is 0 Å². The van der Waals surface area contributed by atoms with Crippen molar-refractivity contribution >= 4 is 50.8 Å². The minimum absolute atomic E-state index is 0.295. The van der Waals surface area contributed by atoms with Gasteiger partial charge in [0.25, 0.3) is 0 Å². The molecule has 3 rings (SSSR count). The molecule has 0 amide bonds. The molecule has 1 nitrogen and oxygen atoms in total. The van der Waals surface area contributed by atoms with E-state index in [9.17, 15) is 5.11 Å². The topological polar surface area (TPSA) is 20.2 Å². The normalized spacial score (nSPS) is 11.2. The number of benzene rings is 1. The van der Waals surface area contributed by atoms with E-state index in [0.29, 0.717) is 5.75 Å². The van der Waals surface area contributed by atoms with Gasteiger partial charge in [-0.05, 0) is 64.0 Å². The Labute approximate surface area is 134 Å². The summed E-state index contributed by atoms with van der Waals surface area (Å²) in [4.78, 5) is 3.79. The summed E-state index contributed by atoms with van der Waals surface area (Å²) in [6.07, 6.45) is 4.16. The van der Waals surface area contributed by atoms with Crippen LogP contribution in [0.4, 0.5) is 0 Å². The summed E-state index contributed by atoms with van der Waals surface area (Å²) in [5.74, 6) is 0.295. The maximum atomic E-state index is 9.25. The molecule has 0 unspecified atom stereocenters. The first-order valence-corrected chi connectivity index (χ1v) is 8.46. The zero-order valence-corrected chi connectivity index (χ0v) is 13.6. The van der Waals surface area contributed by atoms with Crippen LogP contribution in [0.1, 0.15) is 10.4 Å². The zero-order chi connectivity index (χ0) is 13.9. The predicted molar refractivity (Wildman–Crippen MR) is 92.4 cm³/mol. The number of hydrogen-bond donors (Lipinski definition) is 1. The van der Waals surface area contributed by atoms with E-state index >= 15 is 0 Å². The molecule has 0 fully saturated rings. The average Bonchev–Trinajstić information content (AvgIpc) is 3.07. The van der Waals surface area contributed by atoms with E-state index in [1.54, 1.807) is 34.8 Å². The molecule has 100 valence electrons. The summed E-state index contributed by atoms with van der Waals surface area (Å²) >= 11 is 7.01. The van der Waals surface area contributed by atoms with Gasteiger partial charge in [-0.15, -0.1) is 22.7 Å². The third-order valence-electron chi connectivity index (χ3n) is 2.78. The molecule has 0 bridgehead atoms. The Morgan fingerprint density at radius 3 is 2.20 bits per heavy atom. The van der Waals surface area contributed by atoms with E-state index in [0.717, 1.165) is 9.35 Å². The van der Waals surface area contributed by atoms with Gasteiger partial charge in [0, 0.05) is 14.6 Å². The van der Waals surface area contributed by atoms with Crippen molar-refractivity contribution in [3.8, 4) is 15.5 Å². The molecule has 1 aromatic carbocycles. The lowest BCUT2D eigenvalue weighted by Gasteiger charge is -1.93. The Morgan fingerprint density at radius 2 is 1.50 bits per heavy atom. The van der Waals surface area contributed by atoms with Crippen LogP contribution < -0.4 is 0 Å². The van der Waals surface area contributed by atoms with Gasteiger partial charge < -0.3 is 5.11 Å². The highest BCUT2D eigenvalue weighted by atomic mass is 79.9. The van der Waals surface area contributed by atoms with E-state index in [4.69, 9.17) is 0 Å². The second-order valence-corrected chi connectivity index (χ2v) is 7.81. The molecule has 0 radical (unpaired) electrons. The lowest BCUT2D eigenvalue weighted by molar-refractivity contribution is 0.475. The Hall–Kier alpha value is -1.36. The minimum atomic E-state index is 0.295. The third kappa shape index (κ3) is 3.20. The maximum absolute atomic E-state index is 9.25. The van der Waals surface area contributed by atoms with Gasteiger partial charge >= 0.3 is 0 Å². The third-order valence-corrected chi connectivity index (χ3v) is 5.65. The maximum Gasteiger partial charge on any atom is 0.115 e. The van der Waals surface area contributed by atoms with Crippen LogP contribution in [-0.4, -0.2) is 5.11 Å². The zero-order valence-electron chi connectivity index (χ0n) is 10.4. The molecule has 0 aliphatic carbocycles. The number of phenols is 1. The lowest BCUT2D eigenvalue weighted by atomic mass is 10.2. The first-order chi connectivity index (χ1) is 9.70. The highest BCUT2D eigenvalue weighted by Gasteiger charge is 2.03. The van der Waals surface area contributed by atoms with Crippen LogP contribution in [-0.2, 0) is 0 Å². The molecule has 0 atom stereocenters. The van der Waals surface area contributed by atoms with Crippen LogP contribution in [0.25, 0.3) is 21.9 Å². The average molecular weight is 363 g/mol. The number of aromatic hydroxyl groups is 1. The van der Waals surface area contributed by atoms with Crippen molar-refractivity contribution in [3.63, 3.8) is 0 Å². The van der Waals surface area contributed by atoms with Crippen LogP contribution in [0.2, 0.25) is 0 Å². The van der Waals surface area contributed by atoms with Crippen molar-refractivity contribution in [3.05, 3.63) is 62.8 Å². The van der Waals surface area contributed by atoms with E-state index in [1.165, 1.54) is 14.6 Å². The van der Waals surface area contributed by atoms with Gasteiger partial charge in [0.1, 0.15) is 5.75 Å². The van der Waals surface area contributed by atoms with Crippen LogP contribution in [0.5, 0.6) is 5.75 Å². The molecule has 2 heterocycles. The Kier molecular flexibility index (Phi) is 4.05. The van der Waals surface area contributed by atoms with Crippen molar-refractivity contribution in [1.29, 1.82) is 0 Å². The van der Waals surface area contributed by atoms with E-state index < -0.39 is 0 Å². The summed E-state index contributed by atoms with van der Waals surface area (Å²) < 4.78 is 1.15. The summed E-state index contributed by atoms with van der Waals surface area (Å²) in [5.41, 5.74) is 1.08. The predicted octanol–water partition coefficient (Wildman–Crippen LogP) is 6.12. The van der Waals surface area contributed by atoms with Crippen molar-refractivity contribution < 1.29 is 5.11 Å². The summed E-state index contributed by atoms with van der Waals surface area (Å²) in [5, 5.41) is 9.25. The molecule has 0 spiro atoms. The fourth-order valence-electron chi connectivity index (χ4n) is 1.79. The molecule has 0 saturated heterocycles. The second-order valence-electron chi connectivity index (χ2n) is 4.23. The smallest absolute Gasteiger partial charge is 0.115 e. The molecule has 0 aliphatic heterocycles. The van der Waals surface area contributed by atoms with Crippen LogP contribution >= 0.6 is 38.6 Å². The van der Waals surface area contributed by atoms with E-state index in [-0.39, 0.29) is 0 Å². The van der Waals surface area contributed by atoms with Crippen LogP contribution in [0.15, 0.2) is 52.3 Å². The molecule has 1 N–H and O–H groups in total. The first kappa shape index (κ1) is 13.6. The van der Waals surface area contributed by atoms with Crippen molar-refractivity contribution in [2.75, 3.05) is 0 Å². The van der Waals surface area contributed by atoms with Crippen molar-refractivity contribution in [1.82, 2.24) is 0 Å². The van der Waals surface area contributed by atoms with Gasteiger partial charge in [-0.2, -0.15) is 0 Å². The highest BCUT2D eigenvalue weighted by molar-refractivity contribution is 9.11. The molecule has 0 aliphatic rings. The molecular weight excluding hydrogens is 352 g/mol. The number of rotatable bonds is 3. The Balaban J connectivity index is 1.78. The standard InChI is InChI=1S/C16H11BrOS2/c17-16-10-9-15(20-16)14-8-7-13(19-14)6-3-11-1-4-12(18)5-2-11/h1-10,18H/b6-3+. The Morgan fingerprint density at radius 1 is 0.800 bits per heavy atom. The first-order valence-electron chi connectivity index (χ1n) is 6.03. The van der Waals surface area contributed by atoms with E-state index in [1.807, 2.05) is 12.1 Å². The monoisotopic (exact) mass is 362 g/mol. The van der Waals surface area contributed by atoms with Crippen molar-refractivity contribution in [2.45, 2.75) is 0 Å². The summed E-state index contributed by atoms with van der Waals surface area (Å²) in [6.45, 7) is 0. The highest BCUT2D eigenvalue weighted by Crippen LogP contribution is 2.36. The van der Waals surface area contributed by atoms with Gasteiger partial charge in [-0.1, -0.05) is 18.2 Å². The second kappa shape index (κ2) is 5.95. The van der Waals surface area contributed by atoms with Gasteiger partial charge in [0.05, 0.1) is 3.79 Å².